The van der Waals surface area contributed by atoms with Gasteiger partial charge in [0.25, 0.3) is 0 Å². The van der Waals surface area contributed by atoms with Crippen molar-refractivity contribution in [3.05, 3.63) is 59.9 Å². The molecule has 0 radical (unpaired) electrons. The van der Waals surface area contributed by atoms with Crippen molar-refractivity contribution in [3.63, 3.8) is 0 Å². The Morgan fingerprint density at radius 1 is 1.18 bits per heavy atom. The molecule has 0 bridgehead atoms. The van der Waals surface area contributed by atoms with Gasteiger partial charge in [0.1, 0.15) is 0 Å². The summed E-state index contributed by atoms with van der Waals surface area (Å²) in [5, 5.41) is 5.83. The van der Waals surface area contributed by atoms with Crippen molar-refractivity contribution >= 4 is 24.0 Å². The van der Waals surface area contributed by atoms with Gasteiger partial charge in [-0.25, -0.2) is 11.4 Å². The van der Waals surface area contributed by atoms with E-state index in [1.807, 2.05) is 0 Å². The molecule has 114 valence electrons. The standard InChI is InChI=1S/C18H19P.2FH.Ti/c1-2-3-14-19(16-9-5-6-10-16)18-13-12-15-8-4-7-11-17(15)18;;;/h4-5,7-9,11-13H,2-3,6,14H2,1H3;2*1H;/q-2;;;+4/p-2. The second kappa shape index (κ2) is 10.2. The molecule has 22 heavy (non-hydrogen) atoms. The molecule has 2 aromatic carbocycles. The molecule has 0 heterocycles. The number of halogens is 2. The molecule has 0 saturated heterocycles. The number of hydrogen-bond donors (Lipinski definition) is 0. The van der Waals surface area contributed by atoms with Crippen LogP contribution in [0.15, 0.2) is 53.9 Å². The van der Waals surface area contributed by atoms with Crippen molar-refractivity contribution in [3.8, 4) is 0 Å². The smallest absolute Gasteiger partial charge is 1.00 e. The van der Waals surface area contributed by atoms with Crippen molar-refractivity contribution in [2.75, 3.05) is 6.16 Å². The van der Waals surface area contributed by atoms with Gasteiger partial charge in [-0.2, -0.15) is 12.1 Å². The van der Waals surface area contributed by atoms with Crippen LogP contribution in [0.1, 0.15) is 26.2 Å². The van der Waals surface area contributed by atoms with Gasteiger partial charge >= 0.3 is 21.7 Å². The largest absolute Gasteiger partial charge is 4.00 e. The van der Waals surface area contributed by atoms with Crippen LogP contribution in [-0.4, -0.2) is 6.16 Å². The monoisotopic (exact) mass is 352 g/mol. The van der Waals surface area contributed by atoms with Gasteiger partial charge in [-0.05, 0) is 12.6 Å². The summed E-state index contributed by atoms with van der Waals surface area (Å²) in [5.74, 6) is 0. The fraction of sp³-hybridized carbons (Fsp3) is 0.278. The first-order chi connectivity index (χ1) is 9.40. The molecule has 0 fully saturated rings. The zero-order chi connectivity index (χ0) is 13.1. The third kappa shape index (κ3) is 4.41. The van der Waals surface area contributed by atoms with Gasteiger partial charge in [-0.3, -0.25) is 6.08 Å². The number of fused-ring (bicyclic) bond motifs is 1. The van der Waals surface area contributed by atoms with Gasteiger partial charge in [0, 0.05) is 0 Å². The van der Waals surface area contributed by atoms with Gasteiger partial charge in [-0.1, -0.05) is 19.4 Å². The molecular weight excluding hydrogens is 333 g/mol. The third-order valence-corrected chi connectivity index (χ3v) is 6.27. The number of unbranched alkanes of at least 4 members (excludes halogenated alkanes) is 1. The quantitative estimate of drug-likeness (QED) is 0.373. The van der Waals surface area contributed by atoms with E-state index in [-0.39, 0.29) is 39.0 Å². The Labute approximate surface area is 147 Å². The number of hydrogen-bond acceptors (Lipinski definition) is 0. The predicted octanol–water partition coefficient (Wildman–Crippen LogP) is -0.882. The van der Waals surface area contributed by atoms with E-state index >= 15 is 0 Å². The fourth-order valence-electron chi connectivity index (χ4n) is 2.63. The Kier molecular flexibility index (Phi) is 9.84. The second-order valence-corrected chi connectivity index (χ2v) is 7.25. The van der Waals surface area contributed by atoms with Gasteiger partial charge in [0.15, 0.2) is 0 Å². The Balaban J connectivity index is 0.00000147. The molecule has 0 saturated carbocycles. The molecule has 3 rings (SSSR count). The van der Waals surface area contributed by atoms with E-state index in [2.05, 4.69) is 61.5 Å². The van der Waals surface area contributed by atoms with Crippen molar-refractivity contribution in [2.45, 2.75) is 26.2 Å². The summed E-state index contributed by atoms with van der Waals surface area (Å²) in [5.41, 5.74) is 0. The molecular formula is C18H19F2PTi. The van der Waals surface area contributed by atoms with Crippen LogP contribution in [0.2, 0.25) is 0 Å². The third-order valence-electron chi connectivity index (χ3n) is 3.65. The van der Waals surface area contributed by atoms with E-state index in [0.29, 0.717) is 0 Å². The summed E-state index contributed by atoms with van der Waals surface area (Å²) in [6.45, 7) is 2.28. The van der Waals surface area contributed by atoms with Crippen LogP contribution < -0.4 is 14.7 Å². The molecule has 0 N–H and O–H groups in total. The van der Waals surface area contributed by atoms with E-state index < -0.39 is 0 Å². The van der Waals surface area contributed by atoms with E-state index in [1.54, 1.807) is 5.30 Å². The fourth-order valence-corrected chi connectivity index (χ4v) is 5.32. The maximum absolute atomic E-state index is 3.55. The minimum atomic E-state index is -0.207. The molecule has 1 aliphatic rings. The van der Waals surface area contributed by atoms with Crippen LogP contribution in [0.25, 0.3) is 10.8 Å². The van der Waals surface area contributed by atoms with E-state index in [9.17, 15) is 0 Å². The minimum Gasteiger partial charge on any atom is -1.00 e. The van der Waals surface area contributed by atoms with Gasteiger partial charge in [0.05, 0.1) is 0 Å². The maximum atomic E-state index is 3.55. The topological polar surface area (TPSA) is 0 Å². The van der Waals surface area contributed by atoms with Crippen molar-refractivity contribution in [1.82, 2.24) is 0 Å². The summed E-state index contributed by atoms with van der Waals surface area (Å²) in [6, 6.07) is 13.4. The normalized spacial score (nSPS) is 13.8. The van der Waals surface area contributed by atoms with E-state index in [0.717, 1.165) is 6.42 Å². The first kappa shape index (κ1) is 21.3. The average molecular weight is 352 g/mol. The van der Waals surface area contributed by atoms with Crippen LogP contribution in [0, 0.1) is 6.08 Å². The van der Waals surface area contributed by atoms with E-state index in [1.165, 1.54) is 35.1 Å². The van der Waals surface area contributed by atoms with Gasteiger partial charge < -0.3 is 9.41 Å². The van der Waals surface area contributed by atoms with Crippen LogP contribution in [0.4, 0.5) is 0 Å². The summed E-state index contributed by atoms with van der Waals surface area (Å²) in [4.78, 5) is 0. The minimum absolute atomic E-state index is 0. The molecule has 2 aromatic rings. The van der Waals surface area contributed by atoms with Crippen LogP contribution >= 0.6 is 7.92 Å². The average Bonchev–Trinajstić information content (AvgIpc) is 3.09. The summed E-state index contributed by atoms with van der Waals surface area (Å²) in [7, 11) is -0.207. The molecule has 4 heteroatoms. The summed E-state index contributed by atoms with van der Waals surface area (Å²) in [6.07, 6.45) is 13.0. The molecule has 0 amide bonds. The Hall–Kier alpha value is -0.686. The van der Waals surface area contributed by atoms with Crippen LogP contribution in [0.3, 0.4) is 0 Å². The molecule has 1 aliphatic carbocycles. The van der Waals surface area contributed by atoms with Crippen LogP contribution in [0.5, 0.6) is 0 Å². The summed E-state index contributed by atoms with van der Waals surface area (Å²) >= 11 is 0. The predicted molar refractivity (Wildman–Crippen MR) is 86.4 cm³/mol. The van der Waals surface area contributed by atoms with Gasteiger partial charge in [-0.15, -0.1) is 54.7 Å². The molecule has 0 spiro atoms. The van der Waals surface area contributed by atoms with E-state index in [4.69, 9.17) is 0 Å². The van der Waals surface area contributed by atoms with Crippen molar-refractivity contribution in [2.24, 2.45) is 0 Å². The second-order valence-electron chi connectivity index (χ2n) is 4.98. The molecule has 1 unspecified atom stereocenters. The Bertz CT molecular complexity index is 631. The molecule has 0 nitrogen and oxygen atoms in total. The molecule has 0 aromatic heterocycles. The molecule has 0 aliphatic heterocycles. The van der Waals surface area contributed by atoms with Crippen molar-refractivity contribution < 1.29 is 31.1 Å². The number of allylic oxidation sites excluding steroid dienone is 4. The number of benzene rings is 1. The van der Waals surface area contributed by atoms with Crippen molar-refractivity contribution in [1.29, 1.82) is 0 Å². The zero-order valence-electron chi connectivity index (χ0n) is 12.7. The first-order valence-electron chi connectivity index (χ1n) is 7.09. The van der Waals surface area contributed by atoms with Crippen LogP contribution in [-0.2, 0) is 21.7 Å². The first-order valence-corrected chi connectivity index (χ1v) is 8.62. The maximum Gasteiger partial charge on any atom is 4.00 e. The van der Waals surface area contributed by atoms with Gasteiger partial charge in [0.2, 0.25) is 0 Å². The molecule has 1 atom stereocenters. The Morgan fingerprint density at radius 3 is 2.64 bits per heavy atom. The summed E-state index contributed by atoms with van der Waals surface area (Å²) < 4.78 is 0. The Morgan fingerprint density at radius 2 is 1.95 bits per heavy atom. The zero-order valence-corrected chi connectivity index (χ0v) is 15.1. The SMILES string of the molecule is CCCCP(C1=[C-]CC=C1)[c-]1ccc2ccccc21.[F-].[F-].[Ti+4]. The number of rotatable bonds is 5.